The number of aromatic nitrogens is 1. The third-order valence-corrected chi connectivity index (χ3v) is 5.67. The van der Waals surface area contributed by atoms with E-state index >= 15 is 0 Å². The summed E-state index contributed by atoms with van der Waals surface area (Å²) in [5, 5.41) is 2.65. The molecule has 0 atom stereocenters. The fraction of sp³-hybridized carbons (Fsp3) is 0.158. The van der Waals surface area contributed by atoms with Gasteiger partial charge in [-0.15, -0.1) is 23.1 Å². The zero-order chi connectivity index (χ0) is 17.5. The van der Waals surface area contributed by atoms with Crippen LogP contribution in [0.15, 0.2) is 71.2 Å². The van der Waals surface area contributed by atoms with E-state index < -0.39 is 0 Å². The van der Waals surface area contributed by atoms with Crippen LogP contribution in [0.4, 0.5) is 0 Å². The number of rotatable bonds is 6. The summed E-state index contributed by atoms with van der Waals surface area (Å²) in [4.78, 5) is 17.1. The second-order valence-electron chi connectivity index (χ2n) is 5.39. The molecule has 3 aromatic rings. The molecule has 2 aromatic carbocycles. The van der Waals surface area contributed by atoms with Crippen LogP contribution in [0.1, 0.15) is 11.1 Å². The van der Waals surface area contributed by atoms with Crippen LogP contribution in [-0.4, -0.2) is 16.2 Å². The number of thiazole rings is 1. The Morgan fingerprint density at radius 2 is 1.88 bits per heavy atom. The number of hydrogen-bond donors (Lipinski definition) is 0. The average Bonchev–Trinajstić information content (AvgIpc) is 3.04. The fourth-order valence-electron chi connectivity index (χ4n) is 2.29. The molecule has 1 heterocycles. The zero-order valence-electron chi connectivity index (χ0n) is 13.5. The molecule has 1 aromatic heterocycles. The van der Waals surface area contributed by atoms with Gasteiger partial charge in [0.15, 0.2) is 4.80 Å². The highest BCUT2D eigenvalue weighted by Crippen LogP contribution is 2.16. The molecule has 1 amide bonds. The minimum Gasteiger partial charge on any atom is -0.319 e. The summed E-state index contributed by atoms with van der Waals surface area (Å²) >= 11 is 9.25. The lowest BCUT2D eigenvalue weighted by Gasteiger charge is -2.05. The molecule has 0 fully saturated rings. The highest BCUT2D eigenvalue weighted by atomic mass is 35.5. The molecule has 0 radical (unpaired) electrons. The van der Waals surface area contributed by atoms with Crippen molar-refractivity contribution < 1.29 is 4.79 Å². The van der Waals surface area contributed by atoms with E-state index in [9.17, 15) is 4.79 Å². The monoisotopic (exact) mass is 388 g/mol. The van der Waals surface area contributed by atoms with Crippen molar-refractivity contribution in [1.82, 2.24) is 4.57 Å². The molecule has 0 saturated heterocycles. The Morgan fingerprint density at radius 1 is 1.12 bits per heavy atom. The molecule has 0 spiro atoms. The van der Waals surface area contributed by atoms with Gasteiger partial charge in [-0.3, -0.25) is 4.79 Å². The predicted octanol–water partition coefficient (Wildman–Crippen LogP) is 4.61. The van der Waals surface area contributed by atoms with Gasteiger partial charge in [-0.2, -0.15) is 4.99 Å². The largest absolute Gasteiger partial charge is 0.319 e. The summed E-state index contributed by atoms with van der Waals surface area (Å²) in [5.74, 6) is 1.07. The Kier molecular flexibility index (Phi) is 6.50. The Bertz CT molecular complexity index is 903. The van der Waals surface area contributed by atoms with Crippen LogP contribution in [-0.2, 0) is 17.1 Å². The first-order valence-electron chi connectivity index (χ1n) is 7.79. The van der Waals surface area contributed by atoms with E-state index in [1.165, 1.54) is 16.9 Å². The highest BCUT2D eigenvalue weighted by molar-refractivity contribution is 7.99. The lowest BCUT2D eigenvalue weighted by atomic mass is 10.2. The van der Waals surface area contributed by atoms with Crippen LogP contribution in [0.2, 0.25) is 5.02 Å². The number of thioether (sulfide) groups is 1. The third-order valence-electron chi connectivity index (χ3n) is 3.52. The number of benzene rings is 2. The Labute approximate surface area is 160 Å². The molecule has 0 bridgehead atoms. The normalized spacial score (nSPS) is 11.6. The maximum absolute atomic E-state index is 12.2. The molecule has 3 rings (SSSR count). The number of carbonyl (C=O) groups is 1. The standard InChI is InChI=1S/C19H17ClN2OS2/c20-17-9-5-4-8-16(17)12-22-10-11-25-19(22)21-18(23)14-24-13-15-6-2-1-3-7-15/h1-11H,12-14H2. The van der Waals surface area contributed by atoms with E-state index in [1.807, 2.05) is 58.6 Å². The van der Waals surface area contributed by atoms with Crippen molar-refractivity contribution in [1.29, 1.82) is 0 Å². The first-order chi connectivity index (χ1) is 12.2. The Morgan fingerprint density at radius 3 is 2.68 bits per heavy atom. The van der Waals surface area contributed by atoms with Crippen molar-refractivity contribution in [3.05, 3.63) is 87.1 Å². The predicted molar refractivity (Wildman–Crippen MR) is 106 cm³/mol. The van der Waals surface area contributed by atoms with Crippen LogP contribution >= 0.6 is 34.7 Å². The Balaban J connectivity index is 1.63. The van der Waals surface area contributed by atoms with E-state index in [0.717, 1.165) is 16.3 Å². The summed E-state index contributed by atoms with van der Waals surface area (Å²) < 4.78 is 1.95. The Hall–Kier alpha value is -1.82. The first kappa shape index (κ1) is 18.0. The number of halogens is 1. The van der Waals surface area contributed by atoms with E-state index in [1.54, 1.807) is 11.8 Å². The number of nitrogens with zero attached hydrogens (tertiary/aromatic N) is 2. The molecule has 128 valence electrons. The molecule has 0 N–H and O–H groups in total. The van der Waals surface area contributed by atoms with Gasteiger partial charge in [-0.05, 0) is 17.2 Å². The maximum atomic E-state index is 12.2. The number of hydrogen-bond acceptors (Lipinski definition) is 3. The summed E-state index contributed by atoms with van der Waals surface area (Å²) in [5.41, 5.74) is 2.22. The number of amides is 1. The van der Waals surface area contributed by atoms with Crippen molar-refractivity contribution in [3.8, 4) is 0 Å². The second-order valence-corrected chi connectivity index (χ2v) is 7.65. The quantitative estimate of drug-likeness (QED) is 0.617. The molecule has 0 saturated carbocycles. The lowest BCUT2D eigenvalue weighted by Crippen LogP contribution is -2.17. The molecule has 0 aliphatic rings. The van der Waals surface area contributed by atoms with Gasteiger partial charge in [0, 0.05) is 22.4 Å². The van der Waals surface area contributed by atoms with Gasteiger partial charge >= 0.3 is 0 Å². The van der Waals surface area contributed by atoms with E-state index in [0.29, 0.717) is 17.1 Å². The van der Waals surface area contributed by atoms with Gasteiger partial charge < -0.3 is 4.57 Å². The van der Waals surface area contributed by atoms with Crippen molar-refractivity contribution in [2.45, 2.75) is 12.3 Å². The lowest BCUT2D eigenvalue weighted by molar-refractivity contribution is -0.115. The smallest absolute Gasteiger partial charge is 0.258 e. The highest BCUT2D eigenvalue weighted by Gasteiger charge is 2.05. The number of carbonyl (C=O) groups excluding carboxylic acids is 1. The topological polar surface area (TPSA) is 34.4 Å². The van der Waals surface area contributed by atoms with Gasteiger partial charge in [-0.25, -0.2) is 0 Å². The van der Waals surface area contributed by atoms with Crippen LogP contribution in [0, 0.1) is 0 Å². The van der Waals surface area contributed by atoms with E-state index in [-0.39, 0.29) is 5.91 Å². The second kappa shape index (κ2) is 9.04. The van der Waals surface area contributed by atoms with Gasteiger partial charge in [-0.1, -0.05) is 60.1 Å². The van der Waals surface area contributed by atoms with E-state index in [2.05, 4.69) is 17.1 Å². The fourth-order valence-corrected chi connectivity index (χ4v) is 4.00. The van der Waals surface area contributed by atoms with Crippen molar-refractivity contribution >= 4 is 40.6 Å². The third kappa shape index (κ3) is 5.33. The zero-order valence-corrected chi connectivity index (χ0v) is 15.9. The molecule has 6 heteroatoms. The molecular weight excluding hydrogens is 372 g/mol. The molecule has 0 aliphatic carbocycles. The minimum atomic E-state index is -0.115. The molecule has 25 heavy (non-hydrogen) atoms. The van der Waals surface area contributed by atoms with E-state index in [4.69, 9.17) is 11.6 Å². The minimum absolute atomic E-state index is 0.115. The van der Waals surface area contributed by atoms with Crippen LogP contribution < -0.4 is 4.80 Å². The molecule has 0 unspecified atom stereocenters. The molecular formula is C19H17ClN2OS2. The average molecular weight is 389 g/mol. The molecule has 0 aliphatic heterocycles. The van der Waals surface area contributed by atoms with Crippen molar-refractivity contribution in [2.24, 2.45) is 4.99 Å². The SMILES string of the molecule is O=C(CSCc1ccccc1)N=c1sccn1Cc1ccccc1Cl. The van der Waals surface area contributed by atoms with Crippen LogP contribution in [0.5, 0.6) is 0 Å². The summed E-state index contributed by atoms with van der Waals surface area (Å²) in [6.45, 7) is 0.604. The van der Waals surface area contributed by atoms with Crippen LogP contribution in [0.3, 0.4) is 0 Å². The summed E-state index contributed by atoms with van der Waals surface area (Å²) in [6.07, 6.45) is 1.93. The first-order valence-corrected chi connectivity index (χ1v) is 10.2. The molecule has 3 nitrogen and oxygen atoms in total. The van der Waals surface area contributed by atoms with Gasteiger partial charge in [0.1, 0.15) is 0 Å². The summed E-state index contributed by atoms with van der Waals surface area (Å²) in [7, 11) is 0. The van der Waals surface area contributed by atoms with Crippen molar-refractivity contribution in [3.63, 3.8) is 0 Å². The maximum Gasteiger partial charge on any atom is 0.258 e. The van der Waals surface area contributed by atoms with Gasteiger partial charge in [0.2, 0.25) is 0 Å². The van der Waals surface area contributed by atoms with Crippen molar-refractivity contribution in [2.75, 3.05) is 5.75 Å². The summed E-state index contributed by atoms with van der Waals surface area (Å²) in [6, 6.07) is 17.8. The van der Waals surface area contributed by atoms with Gasteiger partial charge in [0.05, 0.1) is 12.3 Å². The van der Waals surface area contributed by atoms with Crippen LogP contribution in [0.25, 0.3) is 0 Å². The van der Waals surface area contributed by atoms with Gasteiger partial charge in [0.25, 0.3) is 5.91 Å².